The van der Waals surface area contributed by atoms with Crippen LogP contribution in [0, 0.1) is 5.82 Å². The van der Waals surface area contributed by atoms with E-state index in [2.05, 4.69) is 21.2 Å². The Morgan fingerprint density at radius 1 is 1.13 bits per heavy atom. The SMILES string of the molecule is O=C(CSCCOc1ccc(Br)cc1)NCc1ccc(F)cc1. The van der Waals surface area contributed by atoms with Gasteiger partial charge in [0.25, 0.3) is 0 Å². The van der Waals surface area contributed by atoms with Crippen molar-refractivity contribution in [2.75, 3.05) is 18.1 Å². The quantitative estimate of drug-likeness (QED) is 0.683. The maximum atomic E-state index is 12.8. The molecule has 6 heteroatoms. The lowest BCUT2D eigenvalue weighted by Gasteiger charge is -2.07. The molecule has 1 amide bonds. The van der Waals surface area contributed by atoms with Gasteiger partial charge in [-0.25, -0.2) is 4.39 Å². The van der Waals surface area contributed by atoms with Gasteiger partial charge < -0.3 is 10.1 Å². The van der Waals surface area contributed by atoms with Gasteiger partial charge >= 0.3 is 0 Å². The number of amides is 1. The van der Waals surface area contributed by atoms with E-state index in [0.29, 0.717) is 18.9 Å². The first kappa shape index (κ1) is 17.8. The molecule has 0 aliphatic carbocycles. The van der Waals surface area contributed by atoms with Crippen molar-refractivity contribution in [1.29, 1.82) is 0 Å². The summed E-state index contributed by atoms with van der Waals surface area (Å²) in [4.78, 5) is 11.7. The van der Waals surface area contributed by atoms with Gasteiger partial charge in [0.05, 0.1) is 12.4 Å². The van der Waals surface area contributed by atoms with E-state index in [1.165, 1.54) is 23.9 Å². The molecule has 0 aliphatic rings. The lowest BCUT2D eigenvalue weighted by atomic mass is 10.2. The van der Waals surface area contributed by atoms with Crippen LogP contribution in [0.25, 0.3) is 0 Å². The summed E-state index contributed by atoms with van der Waals surface area (Å²) in [6, 6.07) is 13.7. The first-order chi connectivity index (χ1) is 11.1. The van der Waals surface area contributed by atoms with E-state index in [1.54, 1.807) is 12.1 Å². The van der Waals surface area contributed by atoms with Gasteiger partial charge in [-0.15, -0.1) is 11.8 Å². The van der Waals surface area contributed by atoms with Crippen molar-refractivity contribution in [2.45, 2.75) is 6.54 Å². The number of hydrogen-bond acceptors (Lipinski definition) is 3. The highest BCUT2D eigenvalue weighted by Crippen LogP contribution is 2.16. The van der Waals surface area contributed by atoms with Gasteiger partial charge in [-0.2, -0.15) is 0 Å². The van der Waals surface area contributed by atoms with Gasteiger partial charge in [-0.1, -0.05) is 28.1 Å². The minimum Gasteiger partial charge on any atom is -0.493 e. The van der Waals surface area contributed by atoms with Crippen molar-refractivity contribution < 1.29 is 13.9 Å². The Hall–Kier alpha value is -1.53. The normalized spacial score (nSPS) is 10.3. The first-order valence-electron chi connectivity index (χ1n) is 7.11. The molecular weight excluding hydrogens is 381 g/mol. The standard InChI is InChI=1S/C17H17BrFNO2S/c18-14-3-7-16(8-4-14)22-9-10-23-12-17(21)20-11-13-1-5-15(19)6-2-13/h1-8H,9-12H2,(H,20,21). The molecule has 0 saturated carbocycles. The zero-order valence-electron chi connectivity index (χ0n) is 12.4. The minimum atomic E-state index is -0.276. The molecule has 0 atom stereocenters. The van der Waals surface area contributed by atoms with Gasteiger partial charge in [0, 0.05) is 16.8 Å². The van der Waals surface area contributed by atoms with Gasteiger partial charge in [0.2, 0.25) is 5.91 Å². The van der Waals surface area contributed by atoms with E-state index in [9.17, 15) is 9.18 Å². The predicted molar refractivity (Wildman–Crippen MR) is 95.2 cm³/mol. The van der Waals surface area contributed by atoms with Crippen molar-refractivity contribution in [2.24, 2.45) is 0 Å². The molecule has 2 aromatic rings. The van der Waals surface area contributed by atoms with Crippen LogP contribution < -0.4 is 10.1 Å². The number of hydrogen-bond donors (Lipinski definition) is 1. The number of benzene rings is 2. The zero-order chi connectivity index (χ0) is 16.5. The molecule has 0 heterocycles. The lowest BCUT2D eigenvalue weighted by Crippen LogP contribution is -2.24. The molecule has 122 valence electrons. The Bertz CT molecular complexity index is 619. The van der Waals surface area contributed by atoms with Crippen LogP contribution in [-0.2, 0) is 11.3 Å². The number of halogens is 2. The molecule has 2 rings (SSSR count). The van der Waals surface area contributed by atoms with Crippen molar-refractivity contribution in [3.8, 4) is 5.75 Å². The maximum Gasteiger partial charge on any atom is 0.230 e. The molecule has 0 saturated heterocycles. The highest BCUT2D eigenvalue weighted by Gasteiger charge is 2.02. The molecule has 23 heavy (non-hydrogen) atoms. The average molecular weight is 398 g/mol. The number of carbonyl (C=O) groups excluding carboxylic acids is 1. The summed E-state index contributed by atoms with van der Waals surface area (Å²) < 4.78 is 19.3. The third kappa shape index (κ3) is 7.05. The second-order valence-corrected chi connectivity index (χ2v) is 6.78. The third-order valence-corrected chi connectivity index (χ3v) is 4.40. The first-order valence-corrected chi connectivity index (χ1v) is 9.05. The summed E-state index contributed by atoms with van der Waals surface area (Å²) >= 11 is 4.88. The largest absolute Gasteiger partial charge is 0.493 e. The van der Waals surface area contributed by atoms with Crippen LogP contribution in [0.15, 0.2) is 53.0 Å². The highest BCUT2D eigenvalue weighted by atomic mass is 79.9. The van der Waals surface area contributed by atoms with Crippen LogP contribution in [0.2, 0.25) is 0 Å². The molecule has 0 fully saturated rings. The smallest absolute Gasteiger partial charge is 0.230 e. The number of carbonyl (C=O) groups is 1. The van der Waals surface area contributed by atoms with Crippen LogP contribution in [0.4, 0.5) is 4.39 Å². The van der Waals surface area contributed by atoms with Gasteiger partial charge in [0.1, 0.15) is 11.6 Å². The van der Waals surface area contributed by atoms with E-state index in [1.807, 2.05) is 24.3 Å². The summed E-state index contributed by atoms with van der Waals surface area (Å²) in [5, 5.41) is 2.80. The topological polar surface area (TPSA) is 38.3 Å². The van der Waals surface area contributed by atoms with E-state index < -0.39 is 0 Å². The maximum absolute atomic E-state index is 12.8. The molecule has 3 nitrogen and oxygen atoms in total. The van der Waals surface area contributed by atoms with Crippen LogP contribution in [0.3, 0.4) is 0 Å². The van der Waals surface area contributed by atoms with Gasteiger partial charge in [0.15, 0.2) is 0 Å². The van der Waals surface area contributed by atoms with E-state index in [4.69, 9.17) is 4.74 Å². The summed E-state index contributed by atoms with van der Waals surface area (Å²) in [7, 11) is 0. The number of rotatable bonds is 8. The minimum absolute atomic E-state index is 0.0389. The molecule has 0 spiro atoms. The van der Waals surface area contributed by atoms with Crippen LogP contribution >= 0.6 is 27.7 Å². The molecule has 0 unspecified atom stereocenters. The van der Waals surface area contributed by atoms with Crippen LogP contribution in [-0.4, -0.2) is 24.0 Å². The van der Waals surface area contributed by atoms with Crippen molar-refractivity contribution in [3.05, 3.63) is 64.4 Å². The molecule has 0 radical (unpaired) electrons. The Kier molecular flexibility index (Phi) is 7.42. The third-order valence-electron chi connectivity index (χ3n) is 2.95. The Balaban J connectivity index is 1.56. The highest BCUT2D eigenvalue weighted by molar-refractivity contribution is 9.10. The summed E-state index contributed by atoms with van der Waals surface area (Å²) in [5.41, 5.74) is 0.878. The fourth-order valence-electron chi connectivity index (χ4n) is 1.77. The Morgan fingerprint density at radius 2 is 1.83 bits per heavy atom. The molecule has 0 aromatic heterocycles. The summed E-state index contributed by atoms with van der Waals surface area (Å²) in [6.45, 7) is 0.965. The predicted octanol–water partition coefficient (Wildman–Crippen LogP) is 4.02. The molecule has 2 aromatic carbocycles. The van der Waals surface area contributed by atoms with E-state index in [-0.39, 0.29) is 11.7 Å². The van der Waals surface area contributed by atoms with Crippen LogP contribution in [0.5, 0.6) is 5.75 Å². The Morgan fingerprint density at radius 3 is 2.52 bits per heavy atom. The molecule has 0 aliphatic heterocycles. The second-order valence-electron chi connectivity index (χ2n) is 4.76. The Labute approximate surface area is 147 Å². The fraction of sp³-hybridized carbons (Fsp3) is 0.235. The summed E-state index contributed by atoms with van der Waals surface area (Å²) in [6.07, 6.45) is 0. The van der Waals surface area contributed by atoms with E-state index >= 15 is 0 Å². The van der Waals surface area contributed by atoms with Crippen LogP contribution in [0.1, 0.15) is 5.56 Å². The molecular formula is C17H17BrFNO2S. The average Bonchev–Trinajstić information content (AvgIpc) is 2.56. The monoisotopic (exact) mass is 397 g/mol. The lowest BCUT2D eigenvalue weighted by molar-refractivity contribution is -0.118. The molecule has 0 bridgehead atoms. The number of thioether (sulfide) groups is 1. The van der Waals surface area contributed by atoms with Crippen molar-refractivity contribution >= 4 is 33.6 Å². The van der Waals surface area contributed by atoms with Gasteiger partial charge in [-0.05, 0) is 42.0 Å². The van der Waals surface area contributed by atoms with Gasteiger partial charge in [-0.3, -0.25) is 4.79 Å². The molecule has 1 N–H and O–H groups in total. The van der Waals surface area contributed by atoms with Crippen molar-refractivity contribution in [1.82, 2.24) is 5.32 Å². The number of nitrogens with one attached hydrogen (secondary N) is 1. The van der Waals surface area contributed by atoms with E-state index in [0.717, 1.165) is 21.5 Å². The summed E-state index contributed by atoms with van der Waals surface area (Å²) in [5.74, 6) is 1.62. The fourth-order valence-corrected chi connectivity index (χ4v) is 2.67. The zero-order valence-corrected chi connectivity index (χ0v) is 14.8. The number of ether oxygens (including phenoxy) is 1. The second kappa shape index (κ2) is 9.57. The van der Waals surface area contributed by atoms with Crippen molar-refractivity contribution in [3.63, 3.8) is 0 Å².